The summed E-state index contributed by atoms with van der Waals surface area (Å²) in [4.78, 5) is 0.304. The summed E-state index contributed by atoms with van der Waals surface area (Å²) in [6.07, 6.45) is 3.60. The van der Waals surface area contributed by atoms with Crippen LogP contribution in [-0.4, -0.2) is 26.2 Å². The van der Waals surface area contributed by atoms with Gasteiger partial charge in [0.05, 0.1) is 4.90 Å². The number of hydrogen-bond donors (Lipinski definition) is 2. The number of aliphatic hydroxyl groups excluding tert-OH is 1. The first-order valence-electron chi connectivity index (χ1n) is 7.71. The van der Waals surface area contributed by atoms with Crippen molar-refractivity contribution in [2.75, 3.05) is 6.61 Å². The van der Waals surface area contributed by atoms with Crippen molar-refractivity contribution < 1.29 is 13.5 Å². The molecule has 2 N–H and O–H groups in total. The molecular formula is C16H25NO3S. The van der Waals surface area contributed by atoms with Crippen LogP contribution in [0.5, 0.6) is 0 Å². The van der Waals surface area contributed by atoms with E-state index in [9.17, 15) is 8.42 Å². The van der Waals surface area contributed by atoms with Crippen molar-refractivity contribution in [1.29, 1.82) is 0 Å². The second kappa shape index (κ2) is 6.90. The van der Waals surface area contributed by atoms with Crippen LogP contribution in [0.25, 0.3) is 0 Å². The highest BCUT2D eigenvalue weighted by Crippen LogP contribution is 2.34. The van der Waals surface area contributed by atoms with Gasteiger partial charge in [0.15, 0.2) is 0 Å². The summed E-state index contributed by atoms with van der Waals surface area (Å²) in [5.41, 5.74) is 1.16. The van der Waals surface area contributed by atoms with Crippen LogP contribution in [0.15, 0.2) is 29.2 Å². The summed E-state index contributed by atoms with van der Waals surface area (Å²) < 4.78 is 27.6. The molecule has 0 aromatic heterocycles. The molecule has 1 aliphatic carbocycles. The molecule has 1 saturated carbocycles. The molecule has 2 rings (SSSR count). The summed E-state index contributed by atoms with van der Waals surface area (Å²) >= 11 is 0. The van der Waals surface area contributed by atoms with Crippen LogP contribution in [-0.2, 0) is 10.0 Å². The fourth-order valence-electron chi connectivity index (χ4n) is 2.51. The first kappa shape index (κ1) is 16.5. The molecule has 0 saturated heterocycles. The molecule has 2 atom stereocenters. The summed E-state index contributed by atoms with van der Waals surface area (Å²) in [5, 5.41) is 9.07. The quantitative estimate of drug-likeness (QED) is 0.775. The monoisotopic (exact) mass is 311 g/mol. The summed E-state index contributed by atoms with van der Waals surface area (Å²) in [6, 6.07) is 6.98. The van der Waals surface area contributed by atoms with E-state index in [1.54, 1.807) is 12.1 Å². The Bertz CT molecular complexity index is 549. The van der Waals surface area contributed by atoms with Gasteiger partial charge < -0.3 is 5.11 Å². The average Bonchev–Trinajstić information content (AvgIpc) is 3.30. The molecule has 1 aromatic rings. The molecule has 0 heterocycles. The molecule has 21 heavy (non-hydrogen) atoms. The third-order valence-electron chi connectivity index (χ3n) is 4.31. The van der Waals surface area contributed by atoms with Crippen LogP contribution >= 0.6 is 0 Å². The van der Waals surface area contributed by atoms with Gasteiger partial charge in [-0.3, -0.25) is 0 Å². The predicted molar refractivity (Wildman–Crippen MR) is 83.7 cm³/mol. The fraction of sp³-hybridized carbons (Fsp3) is 0.625. The highest BCUT2D eigenvalue weighted by atomic mass is 32.2. The second-order valence-electron chi connectivity index (χ2n) is 5.96. The average molecular weight is 311 g/mol. The number of hydrogen-bond acceptors (Lipinski definition) is 3. The Hall–Kier alpha value is -0.910. The van der Waals surface area contributed by atoms with E-state index < -0.39 is 10.0 Å². The van der Waals surface area contributed by atoms with Gasteiger partial charge in [-0.25, -0.2) is 13.1 Å². The van der Waals surface area contributed by atoms with Crippen molar-refractivity contribution in [1.82, 2.24) is 4.72 Å². The lowest BCUT2D eigenvalue weighted by Crippen LogP contribution is -2.37. The number of nitrogens with one attached hydrogen (secondary N) is 1. The van der Waals surface area contributed by atoms with Gasteiger partial charge in [0, 0.05) is 12.6 Å². The van der Waals surface area contributed by atoms with Crippen LogP contribution in [0.2, 0.25) is 0 Å². The molecule has 1 fully saturated rings. The van der Waals surface area contributed by atoms with Crippen molar-refractivity contribution in [3.8, 4) is 0 Å². The van der Waals surface area contributed by atoms with Crippen LogP contribution < -0.4 is 4.72 Å². The Balaban J connectivity index is 2.11. The first-order valence-corrected chi connectivity index (χ1v) is 9.19. The summed E-state index contributed by atoms with van der Waals surface area (Å²) in [6.45, 7) is 4.26. The zero-order valence-electron chi connectivity index (χ0n) is 12.7. The van der Waals surface area contributed by atoms with E-state index in [0.717, 1.165) is 24.8 Å². The molecule has 0 aliphatic heterocycles. The zero-order chi connectivity index (χ0) is 15.5. The van der Waals surface area contributed by atoms with Gasteiger partial charge in [0.1, 0.15) is 0 Å². The molecule has 5 heteroatoms. The number of rotatable bonds is 8. The highest BCUT2D eigenvalue weighted by molar-refractivity contribution is 7.89. The molecule has 2 unspecified atom stereocenters. The molecule has 1 aromatic carbocycles. The number of sulfonamides is 1. The van der Waals surface area contributed by atoms with Crippen LogP contribution in [0.3, 0.4) is 0 Å². The highest BCUT2D eigenvalue weighted by Gasteiger charge is 2.33. The van der Waals surface area contributed by atoms with Crippen LogP contribution in [0.1, 0.15) is 51.0 Å². The number of benzene rings is 1. The van der Waals surface area contributed by atoms with Crippen molar-refractivity contribution in [3.63, 3.8) is 0 Å². The van der Waals surface area contributed by atoms with E-state index in [4.69, 9.17) is 5.11 Å². The van der Waals surface area contributed by atoms with Gasteiger partial charge in [0.2, 0.25) is 10.0 Å². The lowest BCUT2D eigenvalue weighted by Gasteiger charge is -2.17. The Labute approximate surface area is 127 Å². The lowest BCUT2D eigenvalue weighted by atomic mass is 9.99. The van der Waals surface area contributed by atoms with Gasteiger partial charge in [-0.15, -0.1) is 0 Å². The minimum atomic E-state index is -3.50. The van der Waals surface area contributed by atoms with E-state index in [2.05, 4.69) is 18.6 Å². The molecule has 0 spiro atoms. The molecule has 118 valence electrons. The summed E-state index contributed by atoms with van der Waals surface area (Å²) in [5.74, 6) is 0.814. The molecule has 4 nitrogen and oxygen atoms in total. The predicted octanol–water partition coefficient (Wildman–Crippen LogP) is 2.64. The molecule has 0 amide bonds. The van der Waals surface area contributed by atoms with E-state index >= 15 is 0 Å². The zero-order valence-corrected chi connectivity index (χ0v) is 13.6. The topological polar surface area (TPSA) is 66.4 Å². The van der Waals surface area contributed by atoms with Crippen LogP contribution in [0, 0.1) is 5.92 Å². The fourth-order valence-corrected chi connectivity index (χ4v) is 3.85. The minimum Gasteiger partial charge on any atom is -0.396 e. The molecule has 1 aliphatic rings. The Morgan fingerprint density at radius 1 is 1.29 bits per heavy atom. The van der Waals surface area contributed by atoms with Crippen molar-refractivity contribution in [2.45, 2.75) is 56.4 Å². The second-order valence-corrected chi connectivity index (χ2v) is 7.67. The Morgan fingerprint density at radius 3 is 2.38 bits per heavy atom. The molecular weight excluding hydrogens is 286 g/mol. The molecule has 0 radical (unpaired) electrons. The largest absolute Gasteiger partial charge is 0.396 e. The maximum absolute atomic E-state index is 12.4. The lowest BCUT2D eigenvalue weighted by molar-refractivity contribution is 0.265. The molecule has 0 bridgehead atoms. The van der Waals surface area contributed by atoms with E-state index in [0.29, 0.717) is 23.2 Å². The first-order chi connectivity index (χ1) is 9.97. The maximum Gasteiger partial charge on any atom is 0.240 e. The third-order valence-corrected chi connectivity index (χ3v) is 5.82. The van der Waals surface area contributed by atoms with Gasteiger partial charge in [-0.1, -0.05) is 26.0 Å². The van der Waals surface area contributed by atoms with E-state index in [-0.39, 0.29) is 12.6 Å². The van der Waals surface area contributed by atoms with E-state index in [1.165, 1.54) is 0 Å². The SMILES string of the molecule is CCC(C)c1ccc(S(=O)(=O)NC(CCO)C2CC2)cc1. The van der Waals surface area contributed by atoms with Gasteiger partial charge in [0.25, 0.3) is 0 Å². The minimum absolute atomic E-state index is 0.0106. The van der Waals surface area contributed by atoms with Crippen LogP contribution in [0.4, 0.5) is 0 Å². The normalized spacial score (nSPS) is 18.4. The third kappa shape index (κ3) is 4.28. The Morgan fingerprint density at radius 2 is 1.90 bits per heavy atom. The van der Waals surface area contributed by atoms with Crippen molar-refractivity contribution in [3.05, 3.63) is 29.8 Å². The standard InChI is InChI=1S/C16H25NO3S/c1-3-12(2)13-6-8-15(9-7-13)21(19,20)17-16(10-11-18)14-4-5-14/h6-9,12,14,16-18H,3-5,10-11H2,1-2H3. The van der Waals surface area contributed by atoms with Gasteiger partial charge >= 0.3 is 0 Å². The van der Waals surface area contributed by atoms with Gasteiger partial charge in [-0.05, 0) is 55.2 Å². The maximum atomic E-state index is 12.4. The van der Waals surface area contributed by atoms with E-state index in [1.807, 2.05) is 12.1 Å². The smallest absolute Gasteiger partial charge is 0.240 e. The Kier molecular flexibility index (Phi) is 5.41. The van der Waals surface area contributed by atoms with Gasteiger partial charge in [-0.2, -0.15) is 0 Å². The summed E-state index contributed by atoms with van der Waals surface area (Å²) in [7, 11) is -3.50. The van der Waals surface area contributed by atoms with Crippen molar-refractivity contribution in [2.24, 2.45) is 5.92 Å². The van der Waals surface area contributed by atoms with Crippen molar-refractivity contribution >= 4 is 10.0 Å². The number of aliphatic hydroxyl groups is 1.